The fourth-order valence-corrected chi connectivity index (χ4v) is 3.22. The molecule has 0 N–H and O–H groups in total. The van der Waals surface area contributed by atoms with Gasteiger partial charge in [-0.1, -0.05) is 49.0 Å². The summed E-state index contributed by atoms with van der Waals surface area (Å²) in [5.41, 5.74) is 1.27. The summed E-state index contributed by atoms with van der Waals surface area (Å²) >= 11 is 1.50. The second-order valence-electron chi connectivity index (χ2n) is 6.08. The van der Waals surface area contributed by atoms with E-state index in [2.05, 4.69) is 29.3 Å². The van der Waals surface area contributed by atoms with E-state index in [0.29, 0.717) is 30.2 Å². The molecule has 142 valence electrons. The lowest BCUT2D eigenvalue weighted by Gasteiger charge is -2.08. The van der Waals surface area contributed by atoms with Gasteiger partial charge in [0.25, 0.3) is 5.22 Å². The summed E-state index contributed by atoms with van der Waals surface area (Å²) in [5.74, 6) is 3.42. The molecule has 1 unspecified atom stereocenters. The molecule has 0 aliphatic carbocycles. The molecule has 0 radical (unpaired) electrons. The Morgan fingerprint density at radius 2 is 1.67 bits per heavy atom. The van der Waals surface area contributed by atoms with E-state index in [-0.39, 0.29) is 0 Å². The van der Waals surface area contributed by atoms with Crippen molar-refractivity contribution in [3.05, 3.63) is 66.1 Å². The molecule has 0 fully saturated rings. The predicted octanol–water partition coefficient (Wildman–Crippen LogP) is 4.99. The maximum absolute atomic E-state index is 5.74. The third kappa shape index (κ3) is 6.03. The molecule has 27 heavy (non-hydrogen) atoms. The van der Waals surface area contributed by atoms with Crippen LogP contribution in [-0.2, 0) is 6.42 Å². The smallest absolute Gasteiger partial charge is 0.276 e. The van der Waals surface area contributed by atoms with Crippen molar-refractivity contribution in [3.63, 3.8) is 0 Å². The minimum atomic E-state index is 0.340. The molecule has 3 rings (SSSR count). The van der Waals surface area contributed by atoms with Crippen LogP contribution < -0.4 is 9.47 Å². The van der Waals surface area contributed by atoms with Crippen molar-refractivity contribution in [1.29, 1.82) is 0 Å². The maximum Gasteiger partial charge on any atom is 0.276 e. The summed E-state index contributed by atoms with van der Waals surface area (Å²) in [4.78, 5) is 0. The summed E-state index contributed by atoms with van der Waals surface area (Å²) in [6, 6.07) is 18.0. The second-order valence-corrected chi connectivity index (χ2v) is 7.13. The van der Waals surface area contributed by atoms with Crippen molar-refractivity contribution in [3.8, 4) is 11.5 Å². The summed E-state index contributed by atoms with van der Waals surface area (Å²) in [5, 5.41) is 8.85. The lowest BCUT2D eigenvalue weighted by atomic mass is 9.98. The first kappa shape index (κ1) is 19.3. The highest BCUT2D eigenvalue weighted by Crippen LogP contribution is 2.23. The van der Waals surface area contributed by atoms with Crippen molar-refractivity contribution in [1.82, 2.24) is 10.2 Å². The van der Waals surface area contributed by atoms with Crippen LogP contribution in [-0.4, -0.2) is 29.2 Å². The Kier molecular flexibility index (Phi) is 7.16. The van der Waals surface area contributed by atoms with E-state index < -0.39 is 0 Å². The fourth-order valence-electron chi connectivity index (χ4n) is 2.63. The molecule has 0 saturated carbocycles. The van der Waals surface area contributed by atoms with Crippen molar-refractivity contribution in [2.45, 2.75) is 31.4 Å². The third-order valence-corrected chi connectivity index (χ3v) is 4.79. The van der Waals surface area contributed by atoms with Crippen LogP contribution >= 0.6 is 11.8 Å². The number of hydrogen-bond acceptors (Lipinski definition) is 6. The van der Waals surface area contributed by atoms with Crippen LogP contribution in [0.15, 0.2) is 64.2 Å². The minimum absolute atomic E-state index is 0.340. The van der Waals surface area contributed by atoms with E-state index in [1.54, 1.807) is 0 Å². The molecule has 0 bridgehead atoms. The molecule has 3 aromatic rings. The van der Waals surface area contributed by atoms with Crippen molar-refractivity contribution < 1.29 is 13.9 Å². The highest BCUT2D eigenvalue weighted by Gasteiger charge is 2.12. The van der Waals surface area contributed by atoms with Gasteiger partial charge in [-0.05, 0) is 42.7 Å². The van der Waals surface area contributed by atoms with Crippen LogP contribution in [0.4, 0.5) is 0 Å². The maximum atomic E-state index is 5.74. The molecule has 1 aromatic heterocycles. The zero-order valence-corrected chi connectivity index (χ0v) is 16.4. The Morgan fingerprint density at radius 3 is 2.37 bits per heavy atom. The average molecular weight is 385 g/mol. The van der Waals surface area contributed by atoms with E-state index >= 15 is 0 Å². The fraction of sp³-hybridized carbons (Fsp3) is 0.333. The van der Waals surface area contributed by atoms with E-state index in [9.17, 15) is 0 Å². The van der Waals surface area contributed by atoms with Crippen LogP contribution in [0.25, 0.3) is 0 Å². The number of benzene rings is 2. The van der Waals surface area contributed by atoms with E-state index in [1.807, 2.05) is 49.4 Å². The number of thioether (sulfide) groups is 1. The van der Waals surface area contributed by atoms with E-state index in [1.165, 1.54) is 17.3 Å². The highest BCUT2D eigenvalue weighted by molar-refractivity contribution is 7.99. The van der Waals surface area contributed by atoms with Gasteiger partial charge in [-0.2, -0.15) is 0 Å². The Morgan fingerprint density at radius 1 is 0.963 bits per heavy atom. The normalized spacial score (nSPS) is 11.9. The molecule has 0 amide bonds. The zero-order chi connectivity index (χ0) is 18.9. The Bertz CT molecular complexity index is 806. The summed E-state index contributed by atoms with van der Waals surface area (Å²) in [6.07, 6.45) is 0.736. The lowest BCUT2D eigenvalue weighted by molar-refractivity contribution is 0.332. The van der Waals surface area contributed by atoms with Crippen molar-refractivity contribution in [2.24, 2.45) is 0 Å². The number of ether oxygens (including phenoxy) is 2. The number of aromatic nitrogens is 2. The first-order valence-corrected chi connectivity index (χ1v) is 10.1. The molecule has 6 heteroatoms. The largest absolute Gasteiger partial charge is 0.494 e. The second kappa shape index (κ2) is 10.0. The average Bonchev–Trinajstić information content (AvgIpc) is 3.14. The van der Waals surface area contributed by atoms with Gasteiger partial charge in [-0.15, -0.1) is 10.2 Å². The summed E-state index contributed by atoms with van der Waals surface area (Å²) in [7, 11) is 0. The minimum Gasteiger partial charge on any atom is -0.494 e. The molecule has 2 aromatic carbocycles. The molecular formula is C21H24N2O3S. The van der Waals surface area contributed by atoms with Gasteiger partial charge in [-0.3, -0.25) is 0 Å². The number of nitrogens with zero attached hydrogens (tertiary/aromatic N) is 2. The molecular weight excluding hydrogens is 360 g/mol. The Hall–Kier alpha value is -2.47. The summed E-state index contributed by atoms with van der Waals surface area (Å²) < 4.78 is 16.9. The predicted molar refractivity (Wildman–Crippen MR) is 107 cm³/mol. The van der Waals surface area contributed by atoms with E-state index in [4.69, 9.17) is 13.9 Å². The van der Waals surface area contributed by atoms with Crippen LogP contribution in [0.5, 0.6) is 11.5 Å². The van der Waals surface area contributed by atoms with Crippen LogP contribution in [0, 0.1) is 0 Å². The van der Waals surface area contributed by atoms with Crippen molar-refractivity contribution >= 4 is 11.8 Å². The van der Waals surface area contributed by atoms with Gasteiger partial charge in [-0.25, -0.2) is 0 Å². The van der Waals surface area contributed by atoms with Crippen molar-refractivity contribution in [2.75, 3.05) is 19.0 Å². The van der Waals surface area contributed by atoms with Gasteiger partial charge < -0.3 is 13.9 Å². The molecule has 0 spiro atoms. The van der Waals surface area contributed by atoms with Gasteiger partial charge >= 0.3 is 0 Å². The Labute approximate surface area is 164 Å². The van der Waals surface area contributed by atoms with Crippen LogP contribution in [0.2, 0.25) is 0 Å². The SMILES string of the molecule is CCOc1ccc(OCCSc2nnc(CC(C)c3ccccc3)o2)cc1. The molecule has 0 aliphatic heterocycles. The monoisotopic (exact) mass is 384 g/mol. The molecule has 5 nitrogen and oxygen atoms in total. The lowest BCUT2D eigenvalue weighted by Crippen LogP contribution is -2.00. The summed E-state index contributed by atoms with van der Waals surface area (Å²) in [6.45, 7) is 5.35. The van der Waals surface area contributed by atoms with Gasteiger partial charge in [0.15, 0.2) is 0 Å². The third-order valence-electron chi connectivity index (χ3n) is 4.01. The molecule has 0 saturated heterocycles. The van der Waals surface area contributed by atoms with Crippen LogP contribution in [0.3, 0.4) is 0 Å². The van der Waals surface area contributed by atoms with E-state index in [0.717, 1.165) is 23.7 Å². The molecule has 0 aliphatic rings. The zero-order valence-electron chi connectivity index (χ0n) is 15.6. The highest BCUT2D eigenvalue weighted by atomic mass is 32.2. The first-order chi connectivity index (χ1) is 13.2. The van der Waals surface area contributed by atoms with Gasteiger partial charge in [0.05, 0.1) is 13.2 Å². The molecule has 1 heterocycles. The quantitative estimate of drug-likeness (QED) is 0.363. The number of hydrogen-bond donors (Lipinski definition) is 0. The molecule has 1 atom stereocenters. The number of rotatable bonds is 10. The van der Waals surface area contributed by atoms with Gasteiger partial charge in [0.1, 0.15) is 11.5 Å². The first-order valence-electron chi connectivity index (χ1n) is 9.10. The topological polar surface area (TPSA) is 57.4 Å². The van der Waals surface area contributed by atoms with Gasteiger partial charge in [0, 0.05) is 12.2 Å². The van der Waals surface area contributed by atoms with Gasteiger partial charge in [0.2, 0.25) is 5.89 Å². The Balaban J connectivity index is 1.40. The van der Waals surface area contributed by atoms with Crippen LogP contribution in [0.1, 0.15) is 31.2 Å². The standard InChI is InChI=1S/C21H24N2O3S/c1-3-24-18-9-11-19(12-10-18)25-13-14-27-21-23-22-20(26-21)15-16(2)17-7-5-4-6-8-17/h4-12,16H,3,13-15H2,1-2H3.